The maximum Gasteiger partial charge on any atom is 0.240 e. The summed E-state index contributed by atoms with van der Waals surface area (Å²) in [6.45, 7) is 2.78. The van der Waals surface area contributed by atoms with E-state index in [0.29, 0.717) is 24.7 Å². The summed E-state index contributed by atoms with van der Waals surface area (Å²) in [6, 6.07) is 14.6. The van der Waals surface area contributed by atoms with E-state index in [2.05, 4.69) is 4.72 Å². The number of benzene rings is 2. The smallest absolute Gasteiger partial charge is 0.240 e. The highest BCUT2D eigenvalue weighted by atomic mass is 32.2. The van der Waals surface area contributed by atoms with E-state index in [9.17, 15) is 8.42 Å². The molecule has 2 aromatic carbocycles. The summed E-state index contributed by atoms with van der Waals surface area (Å²) in [6.07, 6.45) is 1.56. The van der Waals surface area contributed by atoms with Crippen molar-refractivity contribution < 1.29 is 17.9 Å². The van der Waals surface area contributed by atoms with E-state index in [1.807, 2.05) is 37.3 Å². The van der Waals surface area contributed by atoms with Crippen LogP contribution >= 0.6 is 0 Å². The fraction of sp³-hybridized carbons (Fsp3) is 0.333. The lowest BCUT2D eigenvalue weighted by atomic mass is 10.1. The van der Waals surface area contributed by atoms with Gasteiger partial charge in [-0.2, -0.15) is 0 Å². The van der Waals surface area contributed by atoms with Crippen molar-refractivity contribution in [3.8, 4) is 11.5 Å². The molecule has 0 unspecified atom stereocenters. The second-order valence-corrected chi connectivity index (χ2v) is 7.57. The summed E-state index contributed by atoms with van der Waals surface area (Å²) in [5, 5.41) is 0. The van der Waals surface area contributed by atoms with Crippen LogP contribution < -0.4 is 14.2 Å². The molecule has 1 atom stereocenters. The Morgan fingerprint density at radius 3 is 2.50 bits per heavy atom. The first-order chi connectivity index (χ1) is 11.5. The molecule has 1 aliphatic rings. The molecule has 1 N–H and O–H groups in total. The molecule has 0 fully saturated rings. The average Bonchev–Trinajstić information content (AvgIpc) is 2.60. The zero-order chi connectivity index (χ0) is 17.0. The third-order valence-electron chi connectivity index (χ3n) is 3.89. The van der Waals surface area contributed by atoms with Gasteiger partial charge in [-0.3, -0.25) is 0 Å². The topological polar surface area (TPSA) is 64.6 Å². The molecule has 3 rings (SSSR count). The van der Waals surface area contributed by atoms with Gasteiger partial charge in [-0.15, -0.1) is 0 Å². The normalized spacial score (nSPS) is 15.0. The van der Waals surface area contributed by atoms with E-state index in [1.165, 1.54) is 11.6 Å². The van der Waals surface area contributed by atoms with Crippen LogP contribution in [0.4, 0.5) is 0 Å². The van der Waals surface area contributed by atoms with Crippen molar-refractivity contribution in [1.82, 2.24) is 4.72 Å². The molecule has 0 spiro atoms. The van der Waals surface area contributed by atoms with E-state index >= 15 is 0 Å². The van der Waals surface area contributed by atoms with Gasteiger partial charge in [-0.1, -0.05) is 30.3 Å². The van der Waals surface area contributed by atoms with Crippen LogP contribution in [0.3, 0.4) is 0 Å². The van der Waals surface area contributed by atoms with Crippen LogP contribution in [0.5, 0.6) is 11.5 Å². The molecule has 1 heterocycles. The molecule has 5 nitrogen and oxygen atoms in total. The lowest BCUT2D eigenvalue weighted by Gasteiger charge is -2.19. The lowest BCUT2D eigenvalue weighted by Crippen LogP contribution is -2.33. The zero-order valence-electron chi connectivity index (χ0n) is 13.6. The quantitative estimate of drug-likeness (QED) is 0.873. The molecule has 0 saturated carbocycles. The first-order valence-corrected chi connectivity index (χ1v) is 9.49. The van der Waals surface area contributed by atoms with Crippen LogP contribution in [-0.4, -0.2) is 27.7 Å². The molecule has 1 aliphatic heterocycles. The Labute approximate surface area is 142 Å². The van der Waals surface area contributed by atoms with Crippen LogP contribution in [-0.2, 0) is 16.4 Å². The molecule has 6 heteroatoms. The minimum atomic E-state index is -3.58. The Hall–Kier alpha value is -2.05. The van der Waals surface area contributed by atoms with Gasteiger partial charge in [0.15, 0.2) is 11.5 Å². The first-order valence-electron chi connectivity index (χ1n) is 8.00. The third-order valence-corrected chi connectivity index (χ3v) is 5.48. The number of ether oxygens (including phenoxy) is 2. The van der Waals surface area contributed by atoms with Gasteiger partial charge in [-0.25, -0.2) is 13.1 Å². The van der Waals surface area contributed by atoms with E-state index in [4.69, 9.17) is 9.47 Å². The predicted molar refractivity (Wildman–Crippen MR) is 92.0 cm³/mol. The Morgan fingerprint density at radius 2 is 1.75 bits per heavy atom. The Balaban J connectivity index is 1.65. The van der Waals surface area contributed by atoms with Gasteiger partial charge in [-0.05, 0) is 37.5 Å². The molecular formula is C18H21NO4S. The van der Waals surface area contributed by atoms with Crippen molar-refractivity contribution >= 4 is 10.0 Å². The van der Waals surface area contributed by atoms with Gasteiger partial charge in [0.05, 0.1) is 4.90 Å². The number of hydrogen-bond donors (Lipinski definition) is 1. The summed E-state index contributed by atoms with van der Waals surface area (Å²) in [5.41, 5.74) is 1.20. The Kier molecular flexibility index (Phi) is 5.06. The summed E-state index contributed by atoms with van der Waals surface area (Å²) < 4.78 is 38.7. The highest BCUT2D eigenvalue weighted by Gasteiger charge is 2.21. The van der Waals surface area contributed by atoms with Gasteiger partial charge in [0.25, 0.3) is 0 Å². The largest absolute Gasteiger partial charge is 0.486 e. The van der Waals surface area contributed by atoms with Crippen molar-refractivity contribution in [2.24, 2.45) is 0 Å². The van der Waals surface area contributed by atoms with E-state index in [0.717, 1.165) is 12.8 Å². The molecule has 0 radical (unpaired) electrons. The molecule has 0 saturated heterocycles. The van der Waals surface area contributed by atoms with Crippen LogP contribution in [0.15, 0.2) is 53.4 Å². The van der Waals surface area contributed by atoms with E-state index < -0.39 is 10.0 Å². The van der Waals surface area contributed by atoms with Gasteiger partial charge < -0.3 is 9.47 Å². The molecular weight excluding hydrogens is 326 g/mol. The Morgan fingerprint density at radius 1 is 1.04 bits per heavy atom. The molecule has 0 amide bonds. The van der Waals surface area contributed by atoms with Crippen molar-refractivity contribution in [2.75, 3.05) is 13.2 Å². The first kappa shape index (κ1) is 16.8. The highest BCUT2D eigenvalue weighted by molar-refractivity contribution is 7.89. The van der Waals surface area contributed by atoms with Crippen molar-refractivity contribution in [2.45, 2.75) is 30.7 Å². The molecule has 128 valence electrons. The molecule has 0 aromatic heterocycles. The number of sulfonamides is 1. The lowest BCUT2D eigenvalue weighted by molar-refractivity contribution is 0.171. The summed E-state index contributed by atoms with van der Waals surface area (Å²) >= 11 is 0. The van der Waals surface area contributed by atoms with Gasteiger partial charge >= 0.3 is 0 Å². The number of aryl methyl sites for hydroxylation is 1. The predicted octanol–water partition coefficient (Wildman–Crippen LogP) is 2.76. The van der Waals surface area contributed by atoms with Gasteiger partial charge in [0.2, 0.25) is 10.0 Å². The van der Waals surface area contributed by atoms with Crippen molar-refractivity contribution in [3.63, 3.8) is 0 Å². The van der Waals surface area contributed by atoms with Crippen LogP contribution in [0.2, 0.25) is 0 Å². The third kappa shape index (κ3) is 4.07. The molecule has 24 heavy (non-hydrogen) atoms. The van der Waals surface area contributed by atoms with Crippen LogP contribution in [0.25, 0.3) is 0 Å². The maximum absolute atomic E-state index is 12.5. The monoisotopic (exact) mass is 347 g/mol. The average molecular weight is 347 g/mol. The second-order valence-electron chi connectivity index (χ2n) is 5.85. The van der Waals surface area contributed by atoms with E-state index in [-0.39, 0.29) is 10.9 Å². The number of fused-ring (bicyclic) bond motifs is 1. The highest BCUT2D eigenvalue weighted by Crippen LogP contribution is 2.32. The minimum absolute atomic E-state index is 0.164. The van der Waals surface area contributed by atoms with Crippen molar-refractivity contribution in [3.05, 3.63) is 54.1 Å². The van der Waals surface area contributed by atoms with Crippen LogP contribution in [0.1, 0.15) is 18.9 Å². The van der Waals surface area contributed by atoms with Gasteiger partial charge in [0, 0.05) is 12.1 Å². The SMILES string of the molecule is C[C@H](CCc1ccccc1)NS(=O)(=O)c1ccc2c(c1)OCCO2. The summed E-state index contributed by atoms with van der Waals surface area (Å²) in [7, 11) is -3.58. The zero-order valence-corrected chi connectivity index (χ0v) is 14.4. The van der Waals surface area contributed by atoms with E-state index in [1.54, 1.807) is 12.1 Å². The second kappa shape index (κ2) is 7.23. The number of rotatable bonds is 6. The van der Waals surface area contributed by atoms with Crippen LogP contribution in [0, 0.1) is 0 Å². The fourth-order valence-electron chi connectivity index (χ4n) is 2.61. The summed E-state index contributed by atoms with van der Waals surface area (Å²) in [4.78, 5) is 0.193. The standard InChI is InChI=1S/C18H21NO4S/c1-14(7-8-15-5-3-2-4-6-15)19-24(20,21)16-9-10-17-18(13-16)23-12-11-22-17/h2-6,9-10,13-14,19H,7-8,11-12H2,1H3/t14-/m1/s1. The van der Waals surface area contributed by atoms with Gasteiger partial charge in [0.1, 0.15) is 13.2 Å². The maximum atomic E-state index is 12.5. The minimum Gasteiger partial charge on any atom is -0.486 e. The number of hydrogen-bond acceptors (Lipinski definition) is 4. The molecule has 2 aromatic rings. The fourth-order valence-corrected chi connectivity index (χ4v) is 3.90. The van der Waals surface area contributed by atoms with Crippen molar-refractivity contribution in [1.29, 1.82) is 0 Å². The molecule has 0 aliphatic carbocycles. The Bertz CT molecular complexity index is 790. The number of nitrogens with one attached hydrogen (secondary N) is 1. The summed E-state index contributed by atoms with van der Waals surface area (Å²) in [5.74, 6) is 1.05. The molecule has 0 bridgehead atoms.